The number of aryl methyl sites for hydroxylation is 2. The van der Waals surface area contributed by atoms with Gasteiger partial charge in [-0.3, -0.25) is 14.2 Å². The van der Waals surface area contributed by atoms with Crippen molar-refractivity contribution in [1.29, 1.82) is 0 Å². The Labute approximate surface area is 136 Å². The number of hydrogen-bond donors (Lipinski definition) is 0. The van der Waals surface area contributed by atoms with Crippen molar-refractivity contribution in [2.75, 3.05) is 13.1 Å². The summed E-state index contributed by atoms with van der Waals surface area (Å²) in [6.07, 6.45) is 3.78. The monoisotopic (exact) mass is 315 g/mol. The Morgan fingerprint density at radius 1 is 1.22 bits per heavy atom. The van der Waals surface area contributed by atoms with Crippen molar-refractivity contribution < 1.29 is 4.79 Å². The highest BCUT2D eigenvalue weighted by atomic mass is 16.2. The van der Waals surface area contributed by atoms with Crippen LogP contribution in [-0.2, 0) is 11.3 Å². The highest BCUT2D eigenvalue weighted by molar-refractivity contribution is 5.80. The molecule has 2 rings (SSSR count). The summed E-state index contributed by atoms with van der Waals surface area (Å²) in [5.41, 5.74) is 1.64. The van der Waals surface area contributed by atoms with E-state index in [-0.39, 0.29) is 11.5 Å². The molecule has 0 radical (unpaired) electrons. The smallest absolute Gasteiger partial charge is 0.261 e. The molecule has 0 spiro atoms. The summed E-state index contributed by atoms with van der Waals surface area (Å²) >= 11 is 0. The molecule has 1 amide bonds. The topological polar surface area (TPSA) is 55.2 Å². The quantitative estimate of drug-likeness (QED) is 0.789. The van der Waals surface area contributed by atoms with Gasteiger partial charge in [0.15, 0.2) is 0 Å². The lowest BCUT2D eigenvalue weighted by Crippen LogP contribution is -2.34. The Hall–Kier alpha value is -2.17. The van der Waals surface area contributed by atoms with Gasteiger partial charge in [0.25, 0.3) is 5.56 Å². The van der Waals surface area contributed by atoms with Crippen molar-refractivity contribution in [3.05, 3.63) is 40.4 Å². The minimum atomic E-state index is -0.0796. The molecule has 0 aliphatic heterocycles. The Kier molecular flexibility index (Phi) is 5.90. The van der Waals surface area contributed by atoms with Crippen molar-refractivity contribution in [2.45, 2.75) is 46.6 Å². The molecule has 1 heterocycles. The molecule has 0 aliphatic carbocycles. The first kappa shape index (κ1) is 17.2. The fourth-order valence-corrected chi connectivity index (χ4v) is 2.77. The fraction of sp³-hybridized carbons (Fsp3) is 0.500. The Morgan fingerprint density at radius 3 is 2.57 bits per heavy atom. The van der Waals surface area contributed by atoms with Crippen molar-refractivity contribution in [3.8, 4) is 0 Å². The van der Waals surface area contributed by atoms with E-state index in [0.29, 0.717) is 18.4 Å². The van der Waals surface area contributed by atoms with E-state index >= 15 is 0 Å². The van der Waals surface area contributed by atoms with Gasteiger partial charge in [0, 0.05) is 26.1 Å². The van der Waals surface area contributed by atoms with Crippen LogP contribution in [0.5, 0.6) is 0 Å². The lowest BCUT2D eigenvalue weighted by Gasteiger charge is -2.21. The summed E-state index contributed by atoms with van der Waals surface area (Å²) in [5, 5.41) is 0.610. The van der Waals surface area contributed by atoms with Crippen molar-refractivity contribution in [1.82, 2.24) is 14.5 Å². The molecule has 5 nitrogen and oxygen atoms in total. The van der Waals surface area contributed by atoms with Crippen LogP contribution >= 0.6 is 0 Å². The van der Waals surface area contributed by atoms with Crippen LogP contribution < -0.4 is 5.56 Å². The summed E-state index contributed by atoms with van der Waals surface area (Å²) in [7, 11) is 0. The number of carbonyl (C=O) groups is 1. The zero-order valence-corrected chi connectivity index (χ0v) is 14.2. The Balaban J connectivity index is 2.15. The molecule has 5 heteroatoms. The average Bonchev–Trinajstić information content (AvgIpc) is 2.54. The number of benzene rings is 1. The van der Waals surface area contributed by atoms with Crippen LogP contribution in [0.1, 0.15) is 38.7 Å². The first-order chi connectivity index (χ1) is 11.1. The van der Waals surface area contributed by atoms with Crippen LogP contribution in [0.4, 0.5) is 0 Å². The zero-order valence-electron chi connectivity index (χ0n) is 14.2. The van der Waals surface area contributed by atoms with Gasteiger partial charge in [-0.1, -0.05) is 26.0 Å². The SMILES string of the molecule is CCCN(CCC)C(=O)CCn1cnc2c(C)cccc2c1=O. The number of hydrogen-bond acceptors (Lipinski definition) is 3. The van der Waals surface area contributed by atoms with E-state index in [1.54, 1.807) is 12.4 Å². The maximum Gasteiger partial charge on any atom is 0.261 e. The van der Waals surface area contributed by atoms with E-state index in [2.05, 4.69) is 18.8 Å². The van der Waals surface area contributed by atoms with Gasteiger partial charge in [-0.05, 0) is 31.4 Å². The Morgan fingerprint density at radius 2 is 1.91 bits per heavy atom. The molecule has 124 valence electrons. The molecule has 0 N–H and O–H groups in total. The first-order valence-corrected chi connectivity index (χ1v) is 8.31. The van der Waals surface area contributed by atoms with E-state index in [0.717, 1.165) is 37.0 Å². The third-order valence-corrected chi connectivity index (χ3v) is 3.96. The molecule has 0 saturated carbocycles. The lowest BCUT2D eigenvalue weighted by atomic mass is 10.1. The van der Waals surface area contributed by atoms with Gasteiger partial charge in [0.1, 0.15) is 0 Å². The number of carbonyl (C=O) groups excluding carboxylic acids is 1. The van der Waals surface area contributed by atoms with Gasteiger partial charge < -0.3 is 4.90 Å². The summed E-state index contributed by atoms with van der Waals surface area (Å²) in [5.74, 6) is 0.102. The highest BCUT2D eigenvalue weighted by Gasteiger charge is 2.13. The molecule has 0 bridgehead atoms. The largest absolute Gasteiger partial charge is 0.343 e. The van der Waals surface area contributed by atoms with Crippen LogP contribution in [0.3, 0.4) is 0 Å². The second-order valence-corrected chi connectivity index (χ2v) is 5.84. The van der Waals surface area contributed by atoms with E-state index in [1.807, 2.05) is 24.0 Å². The maximum absolute atomic E-state index is 12.5. The molecular formula is C18H25N3O2. The van der Waals surface area contributed by atoms with Crippen molar-refractivity contribution in [3.63, 3.8) is 0 Å². The van der Waals surface area contributed by atoms with Gasteiger partial charge >= 0.3 is 0 Å². The molecule has 23 heavy (non-hydrogen) atoms. The fourth-order valence-electron chi connectivity index (χ4n) is 2.77. The highest BCUT2D eigenvalue weighted by Crippen LogP contribution is 2.11. The van der Waals surface area contributed by atoms with Crippen LogP contribution in [0.15, 0.2) is 29.3 Å². The summed E-state index contributed by atoms with van der Waals surface area (Å²) in [6.45, 7) is 7.99. The van der Waals surface area contributed by atoms with Gasteiger partial charge in [-0.2, -0.15) is 0 Å². The lowest BCUT2D eigenvalue weighted by molar-refractivity contribution is -0.131. The number of nitrogens with zero attached hydrogens (tertiary/aromatic N) is 3. The maximum atomic E-state index is 12.5. The van der Waals surface area contributed by atoms with E-state index in [4.69, 9.17) is 0 Å². The second kappa shape index (κ2) is 7.90. The number of fused-ring (bicyclic) bond motifs is 1. The minimum Gasteiger partial charge on any atom is -0.343 e. The van der Waals surface area contributed by atoms with Gasteiger partial charge in [0.2, 0.25) is 5.91 Å². The molecule has 0 aliphatic rings. The summed E-state index contributed by atoms with van der Waals surface area (Å²) in [6, 6.07) is 5.59. The van der Waals surface area contributed by atoms with Crippen molar-refractivity contribution >= 4 is 16.8 Å². The second-order valence-electron chi connectivity index (χ2n) is 5.84. The zero-order chi connectivity index (χ0) is 16.8. The van der Waals surface area contributed by atoms with Crippen LogP contribution in [0, 0.1) is 6.92 Å². The van der Waals surface area contributed by atoms with Gasteiger partial charge in [-0.15, -0.1) is 0 Å². The summed E-state index contributed by atoms with van der Waals surface area (Å²) < 4.78 is 1.54. The van der Waals surface area contributed by atoms with Gasteiger partial charge in [0.05, 0.1) is 17.2 Å². The third kappa shape index (κ3) is 3.97. The molecule has 0 atom stereocenters. The first-order valence-electron chi connectivity index (χ1n) is 8.31. The Bertz CT molecular complexity index is 731. The molecular weight excluding hydrogens is 290 g/mol. The summed E-state index contributed by atoms with van der Waals surface area (Å²) in [4.78, 5) is 31.1. The molecule has 0 unspecified atom stereocenters. The molecule has 0 saturated heterocycles. The standard InChI is InChI=1S/C18H25N3O2/c1-4-10-20(11-5-2)16(22)9-12-21-13-19-17-14(3)7-6-8-15(17)18(21)23/h6-8,13H,4-5,9-12H2,1-3H3. The van der Waals surface area contributed by atoms with Crippen molar-refractivity contribution in [2.24, 2.45) is 0 Å². The number of amides is 1. The predicted molar refractivity (Wildman–Crippen MR) is 92.5 cm³/mol. The van der Waals surface area contributed by atoms with Crippen LogP contribution in [0.25, 0.3) is 10.9 Å². The molecule has 1 aromatic heterocycles. The normalized spacial score (nSPS) is 10.9. The third-order valence-electron chi connectivity index (χ3n) is 3.96. The average molecular weight is 315 g/mol. The number of rotatable bonds is 7. The van der Waals surface area contributed by atoms with Crippen LogP contribution in [0.2, 0.25) is 0 Å². The predicted octanol–water partition coefficient (Wildman–Crippen LogP) is 2.74. The molecule has 2 aromatic rings. The van der Waals surface area contributed by atoms with E-state index < -0.39 is 0 Å². The number of aromatic nitrogens is 2. The number of para-hydroxylation sites is 1. The molecule has 1 aromatic carbocycles. The minimum absolute atomic E-state index is 0.0796. The van der Waals surface area contributed by atoms with Crippen LogP contribution in [-0.4, -0.2) is 33.4 Å². The van der Waals surface area contributed by atoms with E-state index in [1.165, 1.54) is 4.57 Å². The molecule has 0 fully saturated rings. The van der Waals surface area contributed by atoms with E-state index in [9.17, 15) is 9.59 Å². The van der Waals surface area contributed by atoms with Gasteiger partial charge in [-0.25, -0.2) is 4.98 Å².